The van der Waals surface area contributed by atoms with Crippen LogP contribution in [0.5, 0.6) is 0 Å². The van der Waals surface area contributed by atoms with Crippen LogP contribution >= 0.6 is 22.6 Å². The summed E-state index contributed by atoms with van der Waals surface area (Å²) in [6, 6.07) is 11.0. The molecule has 1 aliphatic carbocycles. The van der Waals surface area contributed by atoms with Crippen molar-refractivity contribution in [2.45, 2.75) is 18.8 Å². The highest BCUT2D eigenvalue weighted by molar-refractivity contribution is 14.1. The van der Waals surface area contributed by atoms with E-state index in [4.69, 9.17) is 0 Å². The molecule has 3 rings (SSSR count). The van der Waals surface area contributed by atoms with Gasteiger partial charge in [-0.05, 0) is 58.7 Å². The van der Waals surface area contributed by atoms with Crippen LogP contribution in [0.1, 0.15) is 29.3 Å². The zero-order chi connectivity index (χ0) is 16.6. The molecule has 0 aliphatic heterocycles. The molecule has 1 saturated carbocycles. The fourth-order valence-corrected chi connectivity index (χ4v) is 3.71. The van der Waals surface area contributed by atoms with Crippen molar-refractivity contribution in [3.63, 3.8) is 0 Å². The van der Waals surface area contributed by atoms with Crippen molar-refractivity contribution in [1.29, 1.82) is 0 Å². The first-order valence-corrected chi connectivity index (χ1v) is 8.50. The molecular formula is C18H16F2INO. The van der Waals surface area contributed by atoms with Crippen LogP contribution in [-0.2, 0) is 5.41 Å². The molecule has 5 heteroatoms. The van der Waals surface area contributed by atoms with Crippen LogP contribution < -0.4 is 5.32 Å². The van der Waals surface area contributed by atoms with Gasteiger partial charge >= 0.3 is 0 Å². The number of benzene rings is 2. The minimum absolute atomic E-state index is 0.170. The van der Waals surface area contributed by atoms with Crippen molar-refractivity contribution in [1.82, 2.24) is 5.32 Å². The second kappa shape index (κ2) is 6.19. The Morgan fingerprint density at radius 2 is 2.00 bits per heavy atom. The molecule has 2 aromatic carbocycles. The molecule has 1 aliphatic rings. The van der Waals surface area contributed by atoms with Gasteiger partial charge in [0.05, 0.1) is 5.56 Å². The van der Waals surface area contributed by atoms with Gasteiger partial charge in [0.15, 0.2) is 0 Å². The lowest BCUT2D eigenvalue weighted by Gasteiger charge is -2.19. The Bertz CT molecular complexity index is 764. The Hall–Kier alpha value is -1.50. The molecule has 0 bridgehead atoms. The van der Waals surface area contributed by atoms with E-state index in [1.807, 2.05) is 25.1 Å². The van der Waals surface area contributed by atoms with Crippen molar-refractivity contribution < 1.29 is 13.6 Å². The molecule has 0 heterocycles. The summed E-state index contributed by atoms with van der Waals surface area (Å²) in [5, 5.41) is 2.91. The second-order valence-corrected chi connectivity index (χ2v) is 7.21. The number of hydrogen-bond acceptors (Lipinski definition) is 1. The summed E-state index contributed by atoms with van der Waals surface area (Å²) in [5.41, 5.74) is 0.652. The fraction of sp³-hybridized carbons (Fsp3) is 0.278. The summed E-state index contributed by atoms with van der Waals surface area (Å²) < 4.78 is 28.1. The average Bonchev–Trinajstić information content (AvgIpc) is 3.16. The highest BCUT2D eigenvalue weighted by Gasteiger charge is 2.53. The van der Waals surface area contributed by atoms with Gasteiger partial charge in [-0.25, -0.2) is 8.78 Å². The average molecular weight is 427 g/mol. The summed E-state index contributed by atoms with van der Waals surface area (Å²) in [7, 11) is 0. The molecule has 0 spiro atoms. The van der Waals surface area contributed by atoms with Gasteiger partial charge in [0, 0.05) is 21.6 Å². The summed E-state index contributed by atoms with van der Waals surface area (Å²) in [6.45, 7) is 2.36. The van der Waals surface area contributed by atoms with E-state index in [9.17, 15) is 13.6 Å². The van der Waals surface area contributed by atoms with Crippen molar-refractivity contribution in [3.8, 4) is 0 Å². The number of rotatable bonds is 4. The summed E-state index contributed by atoms with van der Waals surface area (Å²) in [5.74, 6) is -1.05. The standard InChI is InChI=1S/C18H16F2INO/c1-11-9-18(11,14-7-6-12(19)8-15(14)20)10-22-17(23)13-4-2-3-5-16(13)21/h2-8,11H,9-10H2,1H3,(H,22,23). The molecular weight excluding hydrogens is 411 g/mol. The highest BCUT2D eigenvalue weighted by atomic mass is 127. The minimum atomic E-state index is -0.586. The zero-order valence-corrected chi connectivity index (χ0v) is 14.7. The number of carbonyl (C=O) groups is 1. The molecule has 1 N–H and O–H groups in total. The van der Waals surface area contributed by atoms with E-state index < -0.39 is 17.0 Å². The molecule has 23 heavy (non-hydrogen) atoms. The van der Waals surface area contributed by atoms with E-state index in [0.29, 0.717) is 17.7 Å². The van der Waals surface area contributed by atoms with Crippen LogP contribution in [0.3, 0.4) is 0 Å². The second-order valence-electron chi connectivity index (χ2n) is 6.05. The van der Waals surface area contributed by atoms with Crippen molar-refractivity contribution in [3.05, 3.63) is 68.8 Å². The molecule has 1 amide bonds. The van der Waals surface area contributed by atoms with Gasteiger partial charge in [0.2, 0.25) is 0 Å². The lowest BCUT2D eigenvalue weighted by Crippen LogP contribution is -2.34. The monoisotopic (exact) mass is 427 g/mol. The maximum atomic E-state index is 14.1. The van der Waals surface area contributed by atoms with Crippen LogP contribution in [0.2, 0.25) is 0 Å². The predicted octanol–water partition coefficient (Wildman–Crippen LogP) is 4.28. The van der Waals surface area contributed by atoms with E-state index in [-0.39, 0.29) is 11.8 Å². The Balaban J connectivity index is 1.78. The van der Waals surface area contributed by atoms with Crippen molar-refractivity contribution in [2.24, 2.45) is 5.92 Å². The molecule has 1 fully saturated rings. The van der Waals surface area contributed by atoms with Crippen LogP contribution in [0, 0.1) is 21.1 Å². The van der Waals surface area contributed by atoms with Gasteiger partial charge in [0.25, 0.3) is 5.91 Å². The molecule has 2 unspecified atom stereocenters. The smallest absolute Gasteiger partial charge is 0.252 e. The zero-order valence-electron chi connectivity index (χ0n) is 12.6. The molecule has 120 valence electrons. The van der Waals surface area contributed by atoms with Gasteiger partial charge < -0.3 is 5.32 Å². The summed E-state index contributed by atoms with van der Waals surface area (Å²) in [6.07, 6.45) is 0.779. The lowest BCUT2D eigenvalue weighted by molar-refractivity contribution is 0.0948. The normalized spacial score (nSPS) is 22.7. The van der Waals surface area contributed by atoms with Crippen LogP contribution in [0.15, 0.2) is 42.5 Å². The molecule has 0 saturated heterocycles. The molecule has 2 atom stereocenters. The van der Waals surface area contributed by atoms with Gasteiger partial charge in [0.1, 0.15) is 11.6 Å². The van der Waals surface area contributed by atoms with Crippen LogP contribution in [0.4, 0.5) is 8.78 Å². The van der Waals surface area contributed by atoms with Gasteiger partial charge in [-0.2, -0.15) is 0 Å². The largest absolute Gasteiger partial charge is 0.351 e. The lowest BCUT2D eigenvalue weighted by atomic mass is 9.92. The third-order valence-electron chi connectivity index (χ3n) is 4.60. The van der Waals surface area contributed by atoms with E-state index in [1.165, 1.54) is 12.1 Å². The number of amides is 1. The highest BCUT2D eigenvalue weighted by Crippen LogP contribution is 2.54. The minimum Gasteiger partial charge on any atom is -0.351 e. The first-order chi connectivity index (χ1) is 10.9. The Morgan fingerprint density at radius 1 is 1.30 bits per heavy atom. The van der Waals surface area contributed by atoms with E-state index in [2.05, 4.69) is 27.9 Å². The molecule has 2 nitrogen and oxygen atoms in total. The number of nitrogens with one attached hydrogen (secondary N) is 1. The quantitative estimate of drug-likeness (QED) is 0.726. The SMILES string of the molecule is CC1CC1(CNC(=O)c1ccccc1I)c1ccc(F)cc1F. The topological polar surface area (TPSA) is 29.1 Å². The first-order valence-electron chi connectivity index (χ1n) is 7.42. The third-order valence-corrected chi connectivity index (χ3v) is 5.54. The van der Waals surface area contributed by atoms with E-state index in [0.717, 1.165) is 16.1 Å². The maximum Gasteiger partial charge on any atom is 0.252 e. The number of hydrogen-bond donors (Lipinski definition) is 1. The van der Waals surface area contributed by atoms with Gasteiger partial charge in [-0.1, -0.05) is 25.1 Å². The van der Waals surface area contributed by atoms with Crippen LogP contribution in [-0.4, -0.2) is 12.5 Å². The maximum absolute atomic E-state index is 14.1. The van der Waals surface area contributed by atoms with Gasteiger partial charge in [-0.3, -0.25) is 4.79 Å². The third kappa shape index (κ3) is 3.11. The van der Waals surface area contributed by atoms with Crippen LogP contribution in [0.25, 0.3) is 0 Å². The first kappa shape index (κ1) is 16.4. The Labute approximate surface area is 147 Å². The van der Waals surface area contributed by atoms with Gasteiger partial charge in [-0.15, -0.1) is 0 Å². The van der Waals surface area contributed by atoms with Crippen molar-refractivity contribution in [2.75, 3.05) is 6.54 Å². The predicted molar refractivity (Wildman–Crippen MR) is 93.3 cm³/mol. The fourth-order valence-electron chi connectivity index (χ4n) is 3.08. The van der Waals surface area contributed by atoms with Crippen molar-refractivity contribution >= 4 is 28.5 Å². The number of carbonyl (C=O) groups excluding carboxylic acids is 1. The molecule has 0 radical (unpaired) electrons. The number of halogens is 3. The Morgan fingerprint density at radius 3 is 2.61 bits per heavy atom. The Kier molecular flexibility index (Phi) is 4.40. The van der Waals surface area contributed by atoms with E-state index >= 15 is 0 Å². The summed E-state index contributed by atoms with van der Waals surface area (Å²) in [4.78, 5) is 12.3. The molecule has 0 aromatic heterocycles. The summed E-state index contributed by atoms with van der Waals surface area (Å²) >= 11 is 2.11. The van der Waals surface area contributed by atoms with E-state index in [1.54, 1.807) is 6.07 Å². The molecule has 2 aromatic rings.